The lowest BCUT2D eigenvalue weighted by molar-refractivity contribution is 0.626. The number of thioether (sulfide) groups is 1. The Hall–Kier alpha value is -3.85. The van der Waals surface area contributed by atoms with Gasteiger partial charge in [0.25, 0.3) is 0 Å². The Morgan fingerprint density at radius 2 is 1.50 bits per heavy atom. The van der Waals surface area contributed by atoms with Crippen LogP contribution in [-0.2, 0) is 12.3 Å². The summed E-state index contributed by atoms with van der Waals surface area (Å²) in [4.78, 5) is 0. The molecule has 0 aliphatic heterocycles. The molecule has 2 heterocycles. The first kappa shape index (κ1) is 20.1. The Bertz CT molecular complexity index is 1320. The van der Waals surface area contributed by atoms with Crippen molar-refractivity contribution in [1.29, 1.82) is 0 Å². The van der Waals surface area contributed by atoms with Crippen LogP contribution in [0.1, 0.15) is 11.4 Å². The smallest absolute Gasteiger partial charge is 0.192 e. The number of hydrogen-bond acceptors (Lipinski definition) is 6. The number of aromatic nitrogens is 7. The van der Waals surface area contributed by atoms with Crippen LogP contribution in [0.2, 0.25) is 0 Å². The zero-order valence-electron chi connectivity index (χ0n) is 16.9. The molecule has 0 amide bonds. The molecule has 0 radical (unpaired) electrons. The molecule has 5 aromatic rings. The van der Waals surface area contributed by atoms with Crippen molar-refractivity contribution in [2.75, 3.05) is 0 Å². The summed E-state index contributed by atoms with van der Waals surface area (Å²) in [6.45, 7) is 0.517. The molecule has 0 aliphatic carbocycles. The molecule has 0 bridgehead atoms. The Morgan fingerprint density at radius 3 is 2.28 bits per heavy atom. The van der Waals surface area contributed by atoms with Crippen LogP contribution in [0, 0.1) is 5.82 Å². The molecule has 0 unspecified atom stereocenters. The average Bonchev–Trinajstić information content (AvgIpc) is 3.46. The molecule has 0 aliphatic rings. The number of tetrazole rings is 1. The van der Waals surface area contributed by atoms with E-state index in [9.17, 15) is 4.39 Å². The van der Waals surface area contributed by atoms with E-state index >= 15 is 0 Å². The lowest BCUT2D eigenvalue weighted by atomic mass is 10.2. The van der Waals surface area contributed by atoms with Crippen molar-refractivity contribution in [1.82, 2.24) is 35.0 Å². The van der Waals surface area contributed by atoms with E-state index in [1.807, 2.05) is 65.2 Å². The molecule has 3 aromatic carbocycles. The largest absolute Gasteiger partial charge is 0.297 e. The van der Waals surface area contributed by atoms with Crippen molar-refractivity contribution < 1.29 is 4.39 Å². The SMILES string of the molecule is Fc1ccccc1-c1nnc(SCc2nnnn2-c2ccccc2)n1Cc1ccccc1. The summed E-state index contributed by atoms with van der Waals surface area (Å²) in [5, 5.41) is 21.4. The maximum atomic E-state index is 14.5. The Balaban J connectivity index is 1.47. The predicted molar refractivity (Wildman–Crippen MR) is 120 cm³/mol. The van der Waals surface area contributed by atoms with Gasteiger partial charge in [-0.25, -0.2) is 4.39 Å². The van der Waals surface area contributed by atoms with Gasteiger partial charge in [-0.3, -0.25) is 4.57 Å². The number of benzene rings is 3. The fraction of sp³-hybridized carbons (Fsp3) is 0.0870. The monoisotopic (exact) mass is 443 g/mol. The highest BCUT2D eigenvalue weighted by Gasteiger charge is 2.19. The van der Waals surface area contributed by atoms with Gasteiger partial charge in [-0.1, -0.05) is 72.4 Å². The van der Waals surface area contributed by atoms with Crippen LogP contribution < -0.4 is 0 Å². The predicted octanol–water partition coefficient (Wildman–Crippen LogP) is 4.40. The molecular weight excluding hydrogens is 425 g/mol. The highest BCUT2D eigenvalue weighted by atomic mass is 32.2. The van der Waals surface area contributed by atoms with Crippen molar-refractivity contribution in [3.63, 3.8) is 0 Å². The van der Waals surface area contributed by atoms with Crippen molar-refractivity contribution in [3.05, 3.63) is 102 Å². The van der Waals surface area contributed by atoms with E-state index in [4.69, 9.17) is 0 Å². The van der Waals surface area contributed by atoms with Gasteiger partial charge in [0.05, 0.1) is 23.5 Å². The van der Waals surface area contributed by atoms with Crippen molar-refractivity contribution in [3.8, 4) is 17.1 Å². The van der Waals surface area contributed by atoms with Crippen LogP contribution >= 0.6 is 11.8 Å². The second-order valence-corrected chi connectivity index (χ2v) is 7.93. The van der Waals surface area contributed by atoms with Crippen LogP contribution in [0.3, 0.4) is 0 Å². The average molecular weight is 444 g/mol. The Morgan fingerprint density at radius 1 is 0.781 bits per heavy atom. The van der Waals surface area contributed by atoms with Crippen molar-refractivity contribution in [2.45, 2.75) is 17.5 Å². The minimum absolute atomic E-state index is 0.334. The number of hydrogen-bond donors (Lipinski definition) is 0. The summed E-state index contributed by atoms with van der Waals surface area (Å²) in [6.07, 6.45) is 0. The number of halogens is 1. The van der Waals surface area contributed by atoms with Gasteiger partial charge in [0.15, 0.2) is 16.8 Å². The minimum Gasteiger partial charge on any atom is -0.297 e. The highest BCUT2D eigenvalue weighted by molar-refractivity contribution is 7.98. The van der Waals surface area contributed by atoms with Crippen LogP contribution in [0.4, 0.5) is 4.39 Å². The van der Waals surface area contributed by atoms with E-state index in [-0.39, 0.29) is 5.82 Å². The number of rotatable bonds is 7. The Labute approximate surface area is 187 Å². The maximum Gasteiger partial charge on any atom is 0.192 e. The Kier molecular flexibility index (Phi) is 5.71. The minimum atomic E-state index is -0.334. The standard InChI is InChI=1S/C23H18FN7S/c24-20-14-8-7-13-19(20)22-26-27-23(30(22)15-17-9-3-1-4-10-17)32-16-21-25-28-29-31(21)18-11-5-2-6-12-18/h1-14H,15-16H2. The summed E-state index contributed by atoms with van der Waals surface area (Å²) in [7, 11) is 0. The summed E-state index contributed by atoms with van der Waals surface area (Å²) >= 11 is 1.46. The molecule has 0 fully saturated rings. The summed E-state index contributed by atoms with van der Waals surface area (Å²) in [6, 6.07) is 26.3. The summed E-state index contributed by atoms with van der Waals surface area (Å²) < 4.78 is 18.2. The summed E-state index contributed by atoms with van der Waals surface area (Å²) in [5.74, 6) is 1.31. The fourth-order valence-corrected chi connectivity index (χ4v) is 4.18. The normalized spacial score (nSPS) is 11.0. The van der Waals surface area contributed by atoms with Crippen LogP contribution in [0.25, 0.3) is 17.1 Å². The molecule has 0 spiro atoms. The first-order valence-electron chi connectivity index (χ1n) is 9.97. The number of para-hydroxylation sites is 1. The van der Waals surface area contributed by atoms with Gasteiger partial charge in [-0.15, -0.1) is 15.3 Å². The van der Waals surface area contributed by atoms with Crippen molar-refractivity contribution >= 4 is 11.8 Å². The third-order valence-electron chi connectivity index (χ3n) is 4.88. The van der Waals surface area contributed by atoms with Crippen LogP contribution in [0.15, 0.2) is 90.1 Å². The quantitative estimate of drug-likeness (QED) is 0.347. The van der Waals surface area contributed by atoms with Gasteiger partial charge < -0.3 is 0 Å². The van der Waals surface area contributed by atoms with E-state index in [0.29, 0.717) is 34.7 Å². The first-order chi connectivity index (χ1) is 15.8. The molecule has 0 N–H and O–H groups in total. The van der Waals surface area contributed by atoms with E-state index in [0.717, 1.165) is 11.3 Å². The second kappa shape index (κ2) is 9.11. The molecule has 0 saturated carbocycles. The fourth-order valence-electron chi connectivity index (χ4n) is 3.34. The first-order valence-corrected chi connectivity index (χ1v) is 11.0. The van der Waals surface area contributed by atoms with Gasteiger partial charge in [0, 0.05) is 0 Å². The molecule has 5 rings (SSSR count). The van der Waals surface area contributed by atoms with Gasteiger partial charge in [-0.2, -0.15) is 4.68 Å². The molecule has 7 nitrogen and oxygen atoms in total. The maximum absolute atomic E-state index is 14.5. The zero-order valence-corrected chi connectivity index (χ0v) is 17.7. The van der Waals surface area contributed by atoms with Gasteiger partial charge in [0.2, 0.25) is 0 Å². The van der Waals surface area contributed by atoms with Gasteiger partial charge in [-0.05, 0) is 40.3 Å². The number of nitrogens with zero attached hydrogens (tertiary/aromatic N) is 7. The zero-order chi connectivity index (χ0) is 21.8. The molecule has 9 heteroatoms. The van der Waals surface area contributed by atoms with Crippen molar-refractivity contribution in [2.24, 2.45) is 0 Å². The highest BCUT2D eigenvalue weighted by Crippen LogP contribution is 2.28. The second-order valence-electron chi connectivity index (χ2n) is 6.99. The van der Waals surface area contributed by atoms with E-state index < -0.39 is 0 Å². The lowest BCUT2D eigenvalue weighted by Gasteiger charge is -2.11. The van der Waals surface area contributed by atoms with Crippen LogP contribution in [-0.4, -0.2) is 35.0 Å². The van der Waals surface area contributed by atoms with E-state index in [2.05, 4.69) is 25.7 Å². The molecule has 0 saturated heterocycles. The van der Waals surface area contributed by atoms with Crippen LogP contribution in [0.5, 0.6) is 0 Å². The van der Waals surface area contributed by atoms with E-state index in [1.54, 1.807) is 22.9 Å². The third-order valence-corrected chi connectivity index (χ3v) is 5.84. The topological polar surface area (TPSA) is 74.3 Å². The van der Waals surface area contributed by atoms with E-state index in [1.165, 1.54) is 17.8 Å². The molecule has 158 valence electrons. The van der Waals surface area contributed by atoms with Gasteiger partial charge >= 0.3 is 0 Å². The summed E-state index contributed by atoms with van der Waals surface area (Å²) in [5.41, 5.74) is 2.36. The molecular formula is C23H18FN7S. The lowest BCUT2D eigenvalue weighted by Crippen LogP contribution is -2.06. The third kappa shape index (κ3) is 4.15. The van der Waals surface area contributed by atoms with Gasteiger partial charge in [0.1, 0.15) is 5.82 Å². The molecule has 32 heavy (non-hydrogen) atoms. The molecule has 2 aromatic heterocycles. The molecule has 0 atom stereocenters.